The van der Waals surface area contributed by atoms with E-state index >= 15 is 0 Å². The zero-order chi connectivity index (χ0) is 18.2. The molecule has 0 aliphatic carbocycles. The van der Waals surface area contributed by atoms with Crippen molar-refractivity contribution in [2.24, 2.45) is 0 Å². The molecule has 0 unspecified atom stereocenters. The van der Waals surface area contributed by atoms with Crippen molar-refractivity contribution in [3.8, 4) is 0 Å². The average Bonchev–Trinajstić information content (AvgIpc) is 2.79. The number of anilines is 1. The minimum absolute atomic E-state index is 0.0985. The molecule has 2 aromatic carbocycles. The Morgan fingerprint density at radius 3 is 2.12 bits per heavy atom. The van der Waals surface area contributed by atoms with Crippen LogP contribution in [0.2, 0.25) is 0 Å². The highest BCUT2D eigenvalue weighted by molar-refractivity contribution is 7.80. The SMILES string of the molecule is CN1C(=S)N(c2ccccc2)C(=O)/C1=C\c1ccc(C(C)(C)C)cc1. The molecule has 0 spiro atoms. The van der Waals surface area contributed by atoms with Gasteiger partial charge in [-0.1, -0.05) is 63.2 Å². The second kappa shape index (κ2) is 6.45. The maximum absolute atomic E-state index is 12.9. The van der Waals surface area contributed by atoms with Gasteiger partial charge in [-0.2, -0.15) is 0 Å². The third kappa shape index (κ3) is 3.35. The summed E-state index contributed by atoms with van der Waals surface area (Å²) in [5.41, 5.74) is 3.73. The maximum atomic E-state index is 12.9. The van der Waals surface area contributed by atoms with Gasteiger partial charge in [0.05, 0.1) is 5.69 Å². The predicted octanol–water partition coefficient (Wildman–Crippen LogP) is 4.59. The molecule has 1 saturated heterocycles. The van der Waals surface area contributed by atoms with Gasteiger partial charge >= 0.3 is 0 Å². The Hall–Kier alpha value is -2.46. The van der Waals surface area contributed by atoms with Gasteiger partial charge < -0.3 is 4.90 Å². The van der Waals surface area contributed by atoms with Crippen LogP contribution in [0.4, 0.5) is 5.69 Å². The van der Waals surface area contributed by atoms with Crippen molar-refractivity contribution >= 4 is 35.0 Å². The zero-order valence-corrected chi connectivity index (χ0v) is 15.8. The molecule has 0 saturated carbocycles. The summed E-state index contributed by atoms with van der Waals surface area (Å²) >= 11 is 5.48. The van der Waals surface area contributed by atoms with Crippen molar-refractivity contribution < 1.29 is 4.79 Å². The Morgan fingerprint density at radius 1 is 0.960 bits per heavy atom. The monoisotopic (exact) mass is 350 g/mol. The normalized spacial score (nSPS) is 16.9. The standard InChI is InChI=1S/C21H22N2OS/c1-21(2,3)16-12-10-15(11-13-16)14-18-19(24)23(20(25)22(18)4)17-8-6-5-7-9-17/h5-14H,1-4H3/b18-14+. The Morgan fingerprint density at radius 2 is 1.56 bits per heavy atom. The quantitative estimate of drug-likeness (QED) is 0.585. The summed E-state index contributed by atoms with van der Waals surface area (Å²) in [5.74, 6) is -0.0985. The number of hydrogen-bond donors (Lipinski definition) is 0. The van der Waals surface area contributed by atoms with E-state index in [9.17, 15) is 4.79 Å². The number of nitrogens with zero attached hydrogens (tertiary/aromatic N) is 2. The molecule has 0 N–H and O–H groups in total. The minimum Gasteiger partial charge on any atom is -0.317 e. The van der Waals surface area contributed by atoms with Crippen LogP contribution >= 0.6 is 12.2 Å². The predicted molar refractivity (Wildman–Crippen MR) is 107 cm³/mol. The van der Waals surface area contributed by atoms with Crippen LogP contribution in [0.15, 0.2) is 60.3 Å². The third-order valence-electron chi connectivity index (χ3n) is 4.36. The number of carbonyl (C=O) groups excluding carboxylic acids is 1. The van der Waals surface area contributed by atoms with E-state index in [0.29, 0.717) is 10.8 Å². The van der Waals surface area contributed by atoms with Crippen LogP contribution in [0, 0.1) is 0 Å². The lowest BCUT2D eigenvalue weighted by molar-refractivity contribution is -0.114. The highest BCUT2D eigenvalue weighted by Crippen LogP contribution is 2.28. The van der Waals surface area contributed by atoms with E-state index in [0.717, 1.165) is 11.3 Å². The first-order valence-electron chi connectivity index (χ1n) is 8.28. The molecule has 2 aromatic rings. The number of benzene rings is 2. The van der Waals surface area contributed by atoms with Crippen LogP contribution in [-0.4, -0.2) is 23.0 Å². The Labute approximate surface area is 154 Å². The number of carbonyl (C=O) groups is 1. The fourth-order valence-electron chi connectivity index (χ4n) is 2.80. The molecule has 0 bridgehead atoms. The molecule has 1 aliphatic rings. The van der Waals surface area contributed by atoms with Gasteiger partial charge in [0.15, 0.2) is 5.11 Å². The van der Waals surface area contributed by atoms with Gasteiger partial charge in [-0.05, 0) is 47.0 Å². The lowest BCUT2D eigenvalue weighted by atomic mass is 9.87. The molecule has 1 amide bonds. The highest BCUT2D eigenvalue weighted by Gasteiger charge is 2.36. The van der Waals surface area contributed by atoms with Gasteiger partial charge in [0, 0.05) is 7.05 Å². The first-order valence-corrected chi connectivity index (χ1v) is 8.69. The molecule has 25 heavy (non-hydrogen) atoms. The van der Waals surface area contributed by atoms with E-state index in [4.69, 9.17) is 12.2 Å². The number of amides is 1. The van der Waals surface area contributed by atoms with Gasteiger partial charge in [-0.3, -0.25) is 9.69 Å². The smallest absolute Gasteiger partial charge is 0.281 e. The van der Waals surface area contributed by atoms with Crippen LogP contribution in [0.1, 0.15) is 31.9 Å². The van der Waals surface area contributed by atoms with Gasteiger partial charge in [0.25, 0.3) is 5.91 Å². The summed E-state index contributed by atoms with van der Waals surface area (Å²) in [6.07, 6.45) is 1.89. The number of likely N-dealkylation sites (N-methyl/N-ethyl adjacent to an activating group) is 1. The first-order chi connectivity index (χ1) is 11.8. The molecule has 3 nitrogen and oxygen atoms in total. The number of para-hydroxylation sites is 1. The molecule has 0 aromatic heterocycles. The lowest BCUT2D eigenvalue weighted by Gasteiger charge is -2.19. The minimum atomic E-state index is -0.0985. The third-order valence-corrected chi connectivity index (χ3v) is 4.81. The first kappa shape index (κ1) is 17.4. The van der Waals surface area contributed by atoms with Crippen molar-refractivity contribution in [2.75, 3.05) is 11.9 Å². The second-order valence-electron chi connectivity index (χ2n) is 7.22. The number of hydrogen-bond acceptors (Lipinski definition) is 2. The van der Waals surface area contributed by atoms with Gasteiger partial charge in [0.1, 0.15) is 5.70 Å². The van der Waals surface area contributed by atoms with Crippen molar-refractivity contribution in [3.05, 3.63) is 71.4 Å². The second-order valence-corrected chi connectivity index (χ2v) is 7.58. The highest BCUT2D eigenvalue weighted by atomic mass is 32.1. The topological polar surface area (TPSA) is 23.6 Å². The molecule has 128 valence electrons. The Kier molecular flexibility index (Phi) is 4.48. The van der Waals surface area contributed by atoms with Gasteiger partial charge in [-0.25, -0.2) is 0 Å². The van der Waals surface area contributed by atoms with E-state index in [1.807, 2.05) is 55.6 Å². The molecule has 0 atom stereocenters. The Balaban J connectivity index is 1.93. The number of rotatable bonds is 2. The van der Waals surface area contributed by atoms with Crippen molar-refractivity contribution in [1.82, 2.24) is 4.90 Å². The molecular weight excluding hydrogens is 328 g/mol. The van der Waals surface area contributed by atoms with Gasteiger partial charge in [0.2, 0.25) is 0 Å². The van der Waals surface area contributed by atoms with Crippen LogP contribution in [-0.2, 0) is 10.2 Å². The summed E-state index contributed by atoms with van der Waals surface area (Å²) in [6, 6.07) is 17.8. The van der Waals surface area contributed by atoms with Crippen molar-refractivity contribution in [3.63, 3.8) is 0 Å². The fourth-order valence-corrected chi connectivity index (χ4v) is 3.09. The lowest BCUT2D eigenvalue weighted by Crippen LogP contribution is -2.30. The molecule has 1 heterocycles. The molecule has 1 aliphatic heterocycles. The van der Waals surface area contributed by atoms with Crippen LogP contribution in [0.25, 0.3) is 6.08 Å². The van der Waals surface area contributed by atoms with Crippen LogP contribution in [0.5, 0.6) is 0 Å². The molecule has 1 fully saturated rings. The fraction of sp³-hybridized carbons (Fsp3) is 0.238. The molecule has 0 radical (unpaired) electrons. The average molecular weight is 350 g/mol. The maximum Gasteiger partial charge on any atom is 0.281 e. The number of thiocarbonyl (C=S) groups is 1. The summed E-state index contributed by atoms with van der Waals surface area (Å²) in [5, 5.41) is 0.494. The summed E-state index contributed by atoms with van der Waals surface area (Å²) in [6.45, 7) is 6.56. The van der Waals surface area contributed by atoms with Crippen LogP contribution < -0.4 is 4.90 Å². The van der Waals surface area contributed by atoms with Crippen LogP contribution in [0.3, 0.4) is 0 Å². The van der Waals surface area contributed by atoms with E-state index in [2.05, 4.69) is 32.9 Å². The van der Waals surface area contributed by atoms with E-state index in [1.165, 1.54) is 5.56 Å². The molecule has 4 heteroatoms. The van der Waals surface area contributed by atoms with Crippen molar-refractivity contribution in [2.45, 2.75) is 26.2 Å². The van der Waals surface area contributed by atoms with Gasteiger partial charge in [-0.15, -0.1) is 0 Å². The van der Waals surface area contributed by atoms with Crippen molar-refractivity contribution in [1.29, 1.82) is 0 Å². The summed E-state index contributed by atoms with van der Waals surface area (Å²) < 4.78 is 0. The Bertz CT molecular complexity index is 832. The summed E-state index contributed by atoms with van der Waals surface area (Å²) in [4.78, 5) is 16.2. The summed E-state index contributed by atoms with van der Waals surface area (Å²) in [7, 11) is 1.83. The molecular formula is C21H22N2OS. The molecule has 3 rings (SSSR count). The zero-order valence-electron chi connectivity index (χ0n) is 15.0. The van der Waals surface area contributed by atoms with E-state index in [1.54, 1.807) is 9.80 Å². The largest absolute Gasteiger partial charge is 0.317 e. The van der Waals surface area contributed by atoms with E-state index < -0.39 is 0 Å². The van der Waals surface area contributed by atoms with E-state index in [-0.39, 0.29) is 11.3 Å².